The monoisotopic (exact) mass is 528 g/mol. The Morgan fingerprint density at radius 3 is 1.49 bits per heavy atom. The molecule has 0 saturated carbocycles. The molecular weight excluding hydrogens is 496 g/mol. The highest BCUT2D eigenvalue weighted by Gasteiger charge is 2.45. The summed E-state index contributed by atoms with van der Waals surface area (Å²) in [6, 6.07) is 8.15. The minimum Gasteiger partial charge on any atom is -0.318 e. The molecule has 0 heterocycles. The van der Waals surface area contributed by atoms with Crippen LogP contribution in [0.4, 0.5) is 0 Å². The van der Waals surface area contributed by atoms with Gasteiger partial charge in [0.15, 0.2) is 0 Å². The number of hydrogen-bond donors (Lipinski definition) is 0. The van der Waals surface area contributed by atoms with E-state index < -0.39 is 11.9 Å². The second-order valence-corrected chi connectivity index (χ2v) is 10.7. The number of nitrogens with zero attached hydrogens (tertiary/aromatic N) is 2. The number of ketones is 2. The Balaban J connectivity index is 1.68. The van der Waals surface area contributed by atoms with Gasteiger partial charge in [0.2, 0.25) is 11.6 Å². The minimum absolute atomic E-state index is 0.215. The lowest BCUT2D eigenvalue weighted by molar-refractivity contribution is -0.141. The molecule has 0 spiro atoms. The SMILES string of the molecule is CCCCC1(CCCC)c2cc3c(cc2-c2cc4c(cc21)C/C(=N\OC(C)=O)C4=O)C(=O)/C(=N\OC(C)=O)C3. The summed E-state index contributed by atoms with van der Waals surface area (Å²) in [6.07, 6.45) is 6.69. The van der Waals surface area contributed by atoms with Crippen LogP contribution in [0, 0.1) is 0 Å². The largest absolute Gasteiger partial charge is 0.331 e. The number of rotatable bonds is 8. The Morgan fingerprint density at radius 2 is 1.13 bits per heavy atom. The van der Waals surface area contributed by atoms with Crippen LogP contribution in [0.25, 0.3) is 11.1 Å². The number of Topliss-reactive ketones (excluding diaryl/α,β-unsaturated/α-hetero) is 2. The van der Waals surface area contributed by atoms with Gasteiger partial charge in [-0.2, -0.15) is 0 Å². The molecule has 0 N–H and O–H groups in total. The van der Waals surface area contributed by atoms with Crippen molar-refractivity contribution in [3.05, 3.63) is 57.6 Å². The molecule has 2 aromatic carbocycles. The van der Waals surface area contributed by atoms with Crippen molar-refractivity contribution in [3.63, 3.8) is 0 Å². The molecule has 39 heavy (non-hydrogen) atoms. The van der Waals surface area contributed by atoms with E-state index in [9.17, 15) is 19.2 Å². The summed E-state index contributed by atoms with van der Waals surface area (Å²) in [5.41, 5.74) is 7.33. The Hall–Kier alpha value is -3.94. The molecule has 8 nitrogen and oxygen atoms in total. The zero-order chi connectivity index (χ0) is 27.9. The van der Waals surface area contributed by atoms with Crippen LogP contribution in [0.15, 0.2) is 34.6 Å². The highest BCUT2D eigenvalue weighted by Crippen LogP contribution is 2.56. The number of fused-ring (bicyclic) bond motifs is 5. The Bertz CT molecular complexity index is 1370. The molecule has 3 aliphatic carbocycles. The van der Waals surface area contributed by atoms with Gasteiger partial charge in [-0.25, -0.2) is 9.59 Å². The first-order chi connectivity index (χ1) is 18.7. The number of unbranched alkanes of at least 4 members (excludes halogenated alkanes) is 2. The van der Waals surface area contributed by atoms with Gasteiger partial charge in [-0.15, -0.1) is 0 Å². The molecule has 0 radical (unpaired) electrons. The summed E-state index contributed by atoms with van der Waals surface area (Å²) in [5, 5.41) is 7.64. The molecule has 8 heteroatoms. The quantitative estimate of drug-likeness (QED) is 0.323. The average molecular weight is 529 g/mol. The highest BCUT2D eigenvalue weighted by atomic mass is 16.7. The Labute approximate surface area is 227 Å². The lowest BCUT2D eigenvalue weighted by atomic mass is 9.70. The zero-order valence-electron chi connectivity index (χ0n) is 22.8. The molecule has 5 rings (SSSR count). The summed E-state index contributed by atoms with van der Waals surface area (Å²) < 4.78 is 0. The lowest BCUT2D eigenvalue weighted by Crippen LogP contribution is -2.26. The van der Waals surface area contributed by atoms with Gasteiger partial charge in [-0.1, -0.05) is 62.0 Å². The lowest BCUT2D eigenvalue weighted by Gasteiger charge is -2.33. The van der Waals surface area contributed by atoms with Crippen LogP contribution >= 0.6 is 0 Å². The fraction of sp³-hybridized carbons (Fsp3) is 0.419. The van der Waals surface area contributed by atoms with Crippen molar-refractivity contribution in [3.8, 4) is 11.1 Å². The molecule has 0 atom stereocenters. The third kappa shape index (κ3) is 4.51. The smallest absolute Gasteiger partial charge is 0.318 e. The Morgan fingerprint density at radius 1 is 0.718 bits per heavy atom. The number of carbonyl (C=O) groups is 4. The maximum absolute atomic E-state index is 13.2. The summed E-state index contributed by atoms with van der Waals surface area (Å²) in [7, 11) is 0. The maximum Gasteiger partial charge on any atom is 0.331 e. The van der Waals surface area contributed by atoms with Crippen LogP contribution in [-0.2, 0) is 37.5 Å². The predicted molar refractivity (Wildman–Crippen MR) is 146 cm³/mol. The maximum atomic E-state index is 13.2. The third-order valence-electron chi connectivity index (χ3n) is 8.02. The molecule has 0 bridgehead atoms. The van der Waals surface area contributed by atoms with Gasteiger partial charge < -0.3 is 9.68 Å². The Kier molecular flexibility index (Phi) is 7.05. The van der Waals surface area contributed by atoms with E-state index in [0.717, 1.165) is 60.8 Å². The molecule has 3 aliphatic rings. The van der Waals surface area contributed by atoms with Crippen LogP contribution in [0.3, 0.4) is 0 Å². The van der Waals surface area contributed by atoms with Gasteiger partial charge in [0.1, 0.15) is 11.4 Å². The van der Waals surface area contributed by atoms with Gasteiger partial charge in [0.25, 0.3) is 0 Å². The summed E-state index contributed by atoms with van der Waals surface area (Å²) >= 11 is 0. The van der Waals surface area contributed by atoms with Crippen LogP contribution in [-0.4, -0.2) is 34.9 Å². The summed E-state index contributed by atoms with van der Waals surface area (Å²) in [5.74, 6) is -1.64. The standard InChI is InChI=1S/C31H32N2O6/c1-5-7-9-31(10-8-6-2)25-11-19-13-27(32-38-17(3)34)29(36)21(19)15-23(25)24-16-22-20(12-26(24)31)14-28(30(22)37)33-39-18(4)35/h11-12,15-16H,5-10,13-14H2,1-4H3/b32-27-,33-28+. The van der Waals surface area contributed by atoms with E-state index in [4.69, 9.17) is 9.68 Å². The van der Waals surface area contributed by atoms with E-state index >= 15 is 0 Å². The average Bonchev–Trinajstić information content (AvgIpc) is 3.48. The molecular formula is C31H32N2O6. The number of oxime groups is 2. The van der Waals surface area contributed by atoms with E-state index in [2.05, 4.69) is 36.3 Å². The van der Waals surface area contributed by atoms with Gasteiger partial charge in [-0.05, 0) is 58.4 Å². The van der Waals surface area contributed by atoms with Crippen LogP contribution in [0.1, 0.15) is 109 Å². The summed E-state index contributed by atoms with van der Waals surface area (Å²) in [6.45, 7) is 6.87. The first-order valence-electron chi connectivity index (χ1n) is 13.6. The van der Waals surface area contributed by atoms with E-state index in [1.54, 1.807) is 0 Å². The van der Waals surface area contributed by atoms with E-state index in [1.165, 1.54) is 25.0 Å². The minimum atomic E-state index is -0.573. The van der Waals surface area contributed by atoms with Gasteiger partial charge in [-0.3, -0.25) is 9.59 Å². The van der Waals surface area contributed by atoms with Crippen LogP contribution in [0.5, 0.6) is 0 Å². The molecule has 0 aliphatic heterocycles. The topological polar surface area (TPSA) is 111 Å². The molecule has 0 aromatic heterocycles. The van der Waals surface area contributed by atoms with Crippen molar-refractivity contribution in [2.24, 2.45) is 10.3 Å². The van der Waals surface area contributed by atoms with Crippen molar-refractivity contribution in [1.82, 2.24) is 0 Å². The van der Waals surface area contributed by atoms with Crippen molar-refractivity contribution in [2.45, 2.75) is 84.5 Å². The van der Waals surface area contributed by atoms with E-state index in [1.807, 2.05) is 12.1 Å². The highest BCUT2D eigenvalue weighted by molar-refractivity contribution is 6.50. The third-order valence-corrected chi connectivity index (χ3v) is 8.02. The number of carbonyl (C=O) groups excluding carboxylic acids is 4. The van der Waals surface area contributed by atoms with Crippen molar-refractivity contribution < 1.29 is 28.9 Å². The predicted octanol–water partition coefficient (Wildman–Crippen LogP) is 5.65. The second-order valence-electron chi connectivity index (χ2n) is 10.7. The van der Waals surface area contributed by atoms with Crippen LogP contribution < -0.4 is 0 Å². The van der Waals surface area contributed by atoms with Gasteiger partial charge in [0, 0.05) is 43.2 Å². The molecule has 0 unspecified atom stereocenters. The number of hydrogen-bond acceptors (Lipinski definition) is 8. The van der Waals surface area contributed by atoms with Crippen molar-refractivity contribution >= 4 is 34.9 Å². The number of benzene rings is 2. The normalized spacial score (nSPS) is 18.3. The molecule has 202 valence electrons. The van der Waals surface area contributed by atoms with Crippen LogP contribution in [0.2, 0.25) is 0 Å². The molecule has 0 saturated heterocycles. The fourth-order valence-electron chi connectivity index (χ4n) is 6.23. The first-order valence-corrected chi connectivity index (χ1v) is 13.6. The summed E-state index contributed by atoms with van der Waals surface area (Å²) in [4.78, 5) is 58.5. The van der Waals surface area contributed by atoms with Crippen molar-refractivity contribution in [1.29, 1.82) is 0 Å². The van der Waals surface area contributed by atoms with E-state index in [0.29, 0.717) is 24.0 Å². The van der Waals surface area contributed by atoms with Crippen molar-refractivity contribution in [2.75, 3.05) is 0 Å². The molecule has 2 aromatic rings. The molecule has 0 amide bonds. The van der Waals surface area contributed by atoms with Gasteiger partial charge >= 0.3 is 11.9 Å². The van der Waals surface area contributed by atoms with E-state index in [-0.39, 0.29) is 28.4 Å². The second kappa shape index (κ2) is 10.3. The fourth-order valence-corrected chi connectivity index (χ4v) is 6.23. The first kappa shape index (κ1) is 26.7. The van der Waals surface area contributed by atoms with Gasteiger partial charge in [0.05, 0.1) is 0 Å². The molecule has 0 fully saturated rings. The zero-order valence-corrected chi connectivity index (χ0v) is 22.8.